The SMILES string of the molecule is O=Cc1ccccc1C1CCCCCCCCC1. The van der Waals surface area contributed by atoms with Gasteiger partial charge < -0.3 is 0 Å². The van der Waals surface area contributed by atoms with Gasteiger partial charge in [-0.2, -0.15) is 0 Å². The summed E-state index contributed by atoms with van der Waals surface area (Å²) in [6, 6.07) is 8.15. The van der Waals surface area contributed by atoms with Crippen molar-refractivity contribution in [1.82, 2.24) is 0 Å². The Kier molecular flexibility index (Phi) is 5.44. The molecule has 0 radical (unpaired) electrons. The molecule has 1 aromatic rings. The van der Waals surface area contributed by atoms with Gasteiger partial charge in [-0.15, -0.1) is 0 Å². The van der Waals surface area contributed by atoms with E-state index in [0.717, 1.165) is 11.8 Å². The van der Waals surface area contributed by atoms with E-state index >= 15 is 0 Å². The van der Waals surface area contributed by atoms with Crippen LogP contribution >= 0.6 is 0 Å². The van der Waals surface area contributed by atoms with Gasteiger partial charge >= 0.3 is 0 Å². The standard InChI is InChI=1S/C17H24O/c18-14-16-12-8-9-13-17(16)15-10-6-4-2-1-3-5-7-11-15/h8-9,12-15H,1-7,10-11H2. The monoisotopic (exact) mass is 244 g/mol. The van der Waals surface area contributed by atoms with Gasteiger partial charge in [-0.25, -0.2) is 0 Å². The molecule has 1 aromatic carbocycles. The highest BCUT2D eigenvalue weighted by molar-refractivity contribution is 5.77. The predicted molar refractivity (Wildman–Crippen MR) is 76.1 cm³/mol. The summed E-state index contributed by atoms with van der Waals surface area (Å²) in [5, 5.41) is 0. The van der Waals surface area contributed by atoms with Gasteiger partial charge in [0.15, 0.2) is 0 Å². The first-order chi connectivity index (χ1) is 8.92. The number of carbonyl (C=O) groups is 1. The highest BCUT2D eigenvalue weighted by Crippen LogP contribution is 2.31. The van der Waals surface area contributed by atoms with Crippen LogP contribution in [-0.4, -0.2) is 6.29 Å². The molecule has 0 saturated heterocycles. The van der Waals surface area contributed by atoms with Gasteiger partial charge in [0.25, 0.3) is 0 Å². The van der Waals surface area contributed by atoms with Crippen LogP contribution in [0.3, 0.4) is 0 Å². The molecule has 0 amide bonds. The maximum absolute atomic E-state index is 11.1. The lowest BCUT2D eigenvalue weighted by Gasteiger charge is -2.20. The summed E-state index contributed by atoms with van der Waals surface area (Å²) in [4.78, 5) is 11.1. The highest BCUT2D eigenvalue weighted by Gasteiger charge is 2.15. The molecule has 0 heterocycles. The summed E-state index contributed by atoms with van der Waals surface area (Å²) in [7, 11) is 0. The maximum atomic E-state index is 11.1. The maximum Gasteiger partial charge on any atom is 0.150 e. The van der Waals surface area contributed by atoms with Crippen molar-refractivity contribution in [2.75, 3.05) is 0 Å². The summed E-state index contributed by atoms with van der Waals surface area (Å²) in [5.74, 6) is 0.601. The van der Waals surface area contributed by atoms with Gasteiger partial charge in [-0.1, -0.05) is 69.2 Å². The number of aldehydes is 1. The third kappa shape index (κ3) is 3.69. The Hall–Kier alpha value is -1.11. The molecule has 1 heteroatoms. The number of rotatable bonds is 2. The molecule has 0 atom stereocenters. The van der Waals surface area contributed by atoms with E-state index in [2.05, 4.69) is 12.1 Å². The van der Waals surface area contributed by atoms with Gasteiger partial charge in [-0.3, -0.25) is 4.79 Å². The van der Waals surface area contributed by atoms with Gasteiger partial charge in [0.1, 0.15) is 6.29 Å². The minimum Gasteiger partial charge on any atom is -0.298 e. The van der Waals surface area contributed by atoms with Crippen LogP contribution in [-0.2, 0) is 0 Å². The van der Waals surface area contributed by atoms with Crippen LogP contribution in [0.15, 0.2) is 24.3 Å². The average molecular weight is 244 g/mol. The zero-order chi connectivity index (χ0) is 12.6. The Morgan fingerprint density at radius 3 is 2.00 bits per heavy atom. The Balaban J connectivity index is 2.09. The zero-order valence-corrected chi connectivity index (χ0v) is 11.2. The summed E-state index contributed by atoms with van der Waals surface area (Å²) < 4.78 is 0. The quantitative estimate of drug-likeness (QED) is 0.661. The molecular weight excluding hydrogens is 220 g/mol. The smallest absolute Gasteiger partial charge is 0.150 e. The van der Waals surface area contributed by atoms with E-state index in [4.69, 9.17) is 0 Å². The summed E-state index contributed by atoms with van der Waals surface area (Å²) in [5.41, 5.74) is 2.19. The van der Waals surface area contributed by atoms with E-state index in [-0.39, 0.29) is 0 Å². The Morgan fingerprint density at radius 1 is 0.833 bits per heavy atom. The molecule has 98 valence electrons. The van der Waals surface area contributed by atoms with Crippen LogP contribution in [0.2, 0.25) is 0 Å². The molecule has 0 aromatic heterocycles. The fourth-order valence-electron chi connectivity index (χ4n) is 3.11. The Morgan fingerprint density at radius 2 is 1.39 bits per heavy atom. The first-order valence-electron chi connectivity index (χ1n) is 7.46. The van der Waals surface area contributed by atoms with E-state index in [9.17, 15) is 4.79 Å². The molecular formula is C17H24O. The van der Waals surface area contributed by atoms with Crippen molar-refractivity contribution in [2.45, 2.75) is 63.7 Å². The highest BCUT2D eigenvalue weighted by atomic mass is 16.1. The fraction of sp³-hybridized carbons (Fsp3) is 0.588. The minimum atomic E-state index is 0.601. The van der Waals surface area contributed by atoms with Crippen molar-refractivity contribution >= 4 is 6.29 Å². The summed E-state index contributed by atoms with van der Waals surface area (Å²) in [6.07, 6.45) is 13.1. The first kappa shape index (κ1) is 13.3. The topological polar surface area (TPSA) is 17.1 Å². The lowest BCUT2D eigenvalue weighted by molar-refractivity contribution is 0.112. The Labute approximate surface area is 111 Å². The predicted octanol–water partition coefficient (Wildman–Crippen LogP) is 5.11. The van der Waals surface area contributed by atoms with Gasteiger partial charge in [0.2, 0.25) is 0 Å². The fourth-order valence-corrected chi connectivity index (χ4v) is 3.11. The molecule has 1 nitrogen and oxygen atoms in total. The van der Waals surface area contributed by atoms with Crippen molar-refractivity contribution in [2.24, 2.45) is 0 Å². The van der Waals surface area contributed by atoms with Crippen molar-refractivity contribution in [3.8, 4) is 0 Å². The molecule has 0 bridgehead atoms. The van der Waals surface area contributed by atoms with Crippen LogP contribution in [0.4, 0.5) is 0 Å². The minimum absolute atomic E-state index is 0.601. The van der Waals surface area contributed by atoms with E-state index in [1.165, 1.54) is 63.4 Å². The molecule has 0 unspecified atom stereocenters. The molecule has 0 spiro atoms. The third-order valence-corrected chi connectivity index (χ3v) is 4.17. The third-order valence-electron chi connectivity index (χ3n) is 4.17. The second-order valence-corrected chi connectivity index (χ2v) is 5.50. The lowest BCUT2D eigenvalue weighted by atomic mass is 9.85. The largest absolute Gasteiger partial charge is 0.298 e. The molecule has 1 aliphatic carbocycles. The van der Waals surface area contributed by atoms with Crippen LogP contribution < -0.4 is 0 Å². The van der Waals surface area contributed by atoms with Gasteiger partial charge in [-0.05, 0) is 24.3 Å². The normalized spacial score (nSPS) is 19.3. The van der Waals surface area contributed by atoms with Crippen LogP contribution in [0.25, 0.3) is 0 Å². The number of hydrogen-bond acceptors (Lipinski definition) is 1. The van der Waals surface area contributed by atoms with Crippen molar-refractivity contribution in [3.05, 3.63) is 35.4 Å². The van der Waals surface area contributed by atoms with E-state index in [1.807, 2.05) is 12.1 Å². The number of benzene rings is 1. The van der Waals surface area contributed by atoms with Crippen LogP contribution in [0, 0.1) is 0 Å². The van der Waals surface area contributed by atoms with Crippen molar-refractivity contribution < 1.29 is 4.79 Å². The van der Waals surface area contributed by atoms with E-state index in [1.54, 1.807) is 0 Å². The lowest BCUT2D eigenvalue weighted by Crippen LogP contribution is -2.04. The molecule has 0 aliphatic heterocycles. The van der Waals surface area contributed by atoms with E-state index in [0.29, 0.717) is 5.92 Å². The van der Waals surface area contributed by atoms with Crippen molar-refractivity contribution in [3.63, 3.8) is 0 Å². The molecule has 1 aliphatic rings. The Bertz CT molecular complexity index is 360. The zero-order valence-electron chi connectivity index (χ0n) is 11.2. The van der Waals surface area contributed by atoms with Gasteiger partial charge in [0.05, 0.1) is 0 Å². The van der Waals surface area contributed by atoms with Crippen LogP contribution in [0.1, 0.15) is 79.6 Å². The van der Waals surface area contributed by atoms with Crippen molar-refractivity contribution in [1.29, 1.82) is 0 Å². The molecule has 1 saturated carbocycles. The van der Waals surface area contributed by atoms with Gasteiger partial charge in [0, 0.05) is 5.56 Å². The first-order valence-corrected chi connectivity index (χ1v) is 7.46. The second kappa shape index (κ2) is 7.35. The number of hydrogen-bond donors (Lipinski definition) is 0. The molecule has 1 fully saturated rings. The number of carbonyl (C=O) groups excluding carboxylic acids is 1. The molecule has 2 rings (SSSR count). The second-order valence-electron chi connectivity index (χ2n) is 5.50. The van der Waals surface area contributed by atoms with Crippen LogP contribution in [0.5, 0.6) is 0 Å². The van der Waals surface area contributed by atoms with E-state index < -0.39 is 0 Å². The molecule has 0 N–H and O–H groups in total. The summed E-state index contributed by atoms with van der Waals surface area (Å²) >= 11 is 0. The molecule has 18 heavy (non-hydrogen) atoms. The average Bonchev–Trinajstić information content (AvgIpc) is 2.44. The summed E-state index contributed by atoms with van der Waals surface area (Å²) in [6.45, 7) is 0.